The number of hydrogen-bond donors (Lipinski definition) is 0. The molecule has 0 saturated heterocycles. The molecule has 0 aliphatic rings. The quantitative estimate of drug-likeness (QED) is 0.556. The molecule has 0 unspecified atom stereocenters. The molecule has 76 valence electrons. The third kappa shape index (κ3) is 1.23. The molecule has 0 spiro atoms. The Balaban J connectivity index is 2.52. The molecule has 0 bridgehead atoms. The van der Waals surface area contributed by atoms with Gasteiger partial charge in [-0.3, -0.25) is 0 Å². The lowest BCUT2D eigenvalue weighted by molar-refractivity contribution is 0.586. The molecule has 0 aliphatic carbocycles. The van der Waals surface area contributed by atoms with Gasteiger partial charge in [-0.05, 0) is 18.2 Å². The van der Waals surface area contributed by atoms with Gasteiger partial charge in [0.25, 0.3) is 0 Å². The minimum absolute atomic E-state index is 0.0317. The van der Waals surface area contributed by atoms with E-state index in [2.05, 4.69) is 9.97 Å². The van der Waals surface area contributed by atoms with Crippen LogP contribution in [0.5, 0.6) is 0 Å². The molecular formula is C11H4ClN3O. The summed E-state index contributed by atoms with van der Waals surface area (Å²) in [7, 11) is 0. The van der Waals surface area contributed by atoms with Crippen molar-refractivity contribution < 1.29 is 4.42 Å². The SMILES string of the molecule is N#Cc1nc2ccc3ccc(Cl)nc3c2o1. The molecule has 0 N–H and O–H groups in total. The lowest BCUT2D eigenvalue weighted by atomic mass is 10.2. The van der Waals surface area contributed by atoms with Crippen molar-refractivity contribution in [1.29, 1.82) is 5.26 Å². The van der Waals surface area contributed by atoms with Gasteiger partial charge in [0.1, 0.15) is 16.2 Å². The standard InChI is InChI=1S/C11H4ClN3O/c12-8-4-2-6-1-3-7-11(10(6)15-8)16-9(5-13)14-7/h1-4H. The zero-order valence-corrected chi connectivity index (χ0v) is 8.69. The molecule has 0 saturated carbocycles. The monoisotopic (exact) mass is 229 g/mol. The first-order valence-electron chi connectivity index (χ1n) is 4.54. The highest BCUT2D eigenvalue weighted by atomic mass is 35.5. The fraction of sp³-hybridized carbons (Fsp3) is 0. The molecule has 0 atom stereocenters. The van der Waals surface area contributed by atoms with Gasteiger partial charge in [-0.25, -0.2) is 4.98 Å². The normalized spacial score (nSPS) is 10.8. The summed E-state index contributed by atoms with van der Waals surface area (Å²) >= 11 is 5.82. The Labute approximate surface area is 95.1 Å². The average molecular weight is 230 g/mol. The highest BCUT2D eigenvalue weighted by Gasteiger charge is 2.10. The molecule has 0 fully saturated rings. The summed E-state index contributed by atoms with van der Waals surface area (Å²) in [5, 5.41) is 10.00. The number of nitriles is 1. The van der Waals surface area contributed by atoms with Gasteiger partial charge in [0.2, 0.25) is 0 Å². The fourth-order valence-electron chi connectivity index (χ4n) is 1.59. The van der Waals surface area contributed by atoms with Gasteiger partial charge >= 0.3 is 5.89 Å². The van der Waals surface area contributed by atoms with E-state index >= 15 is 0 Å². The summed E-state index contributed by atoms with van der Waals surface area (Å²) in [6.45, 7) is 0. The topological polar surface area (TPSA) is 62.7 Å². The van der Waals surface area contributed by atoms with E-state index in [0.717, 1.165) is 5.39 Å². The van der Waals surface area contributed by atoms with Crippen molar-refractivity contribution in [3.05, 3.63) is 35.3 Å². The number of rotatable bonds is 0. The summed E-state index contributed by atoms with van der Waals surface area (Å²) in [4.78, 5) is 8.17. The second kappa shape index (κ2) is 3.19. The number of oxazole rings is 1. The number of fused-ring (bicyclic) bond motifs is 3. The zero-order chi connectivity index (χ0) is 11.1. The summed E-state index contributed by atoms with van der Waals surface area (Å²) in [5.74, 6) is 0.0317. The van der Waals surface area contributed by atoms with Crippen LogP contribution in [0.25, 0.3) is 22.0 Å². The zero-order valence-electron chi connectivity index (χ0n) is 7.94. The summed E-state index contributed by atoms with van der Waals surface area (Å²) < 4.78 is 5.29. The molecule has 2 aromatic heterocycles. The molecule has 0 aliphatic heterocycles. The Kier molecular flexibility index (Phi) is 1.82. The van der Waals surface area contributed by atoms with Gasteiger partial charge in [0.05, 0.1) is 0 Å². The van der Waals surface area contributed by atoms with Crippen molar-refractivity contribution in [1.82, 2.24) is 9.97 Å². The van der Waals surface area contributed by atoms with Crippen molar-refractivity contribution in [2.24, 2.45) is 0 Å². The van der Waals surface area contributed by atoms with E-state index in [9.17, 15) is 0 Å². The van der Waals surface area contributed by atoms with Crippen molar-refractivity contribution in [2.75, 3.05) is 0 Å². The summed E-state index contributed by atoms with van der Waals surface area (Å²) in [5.41, 5.74) is 1.73. The van der Waals surface area contributed by atoms with E-state index in [1.54, 1.807) is 12.1 Å². The number of nitrogens with zero attached hydrogens (tertiary/aromatic N) is 3. The molecule has 4 nitrogen and oxygen atoms in total. The molecule has 3 rings (SSSR count). The largest absolute Gasteiger partial charge is 0.426 e. The minimum atomic E-state index is 0.0317. The maximum atomic E-state index is 8.71. The van der Waals surface area contributed by atoms with Gasteiger partial charge in [-0.1, -0.05) is 17.7 Å². The van der Waals surface area contributed by atoms with Crippen LogP contribution in [-0.4, -0.2) is 9.97 Å². The molecule has 0 radical (unpaired) electrons. The van der Waals surface area contributed by atoms with Crippen molar-refractivity contribution >= 4 is 33.6 Å². The smallest absolute Gasteiger partial charge is 0.301 e. The van der Waals surface area contributed by atoms with E-state index < -0.39 is 0 Å². The van der Waals surface area contributed by atoms with Crippen LogP contribution in [0.1, 0.15) is 5.89 Å². The third-order valence-corrected chi connectivity index (χ3v) is 2.49. The van der Waals surface area contributed by atoms with Crippen LogP contribution < -0.4 is 0 Å². The first kappa shape index (κ1) is 9.13. The predicted octanol–water partition coefficient (Wildman–Crippen LogP) is 2.90. The number of pyridine rings is 1. The number of hydrogen-bond acceptors (Lipinski definition) is 4. The lowest BCUT2D eigenvalue weighted by Gasteiger charge is -1.96. The van der Waals surface area contributed by atoms with Gasteiger partial charge in [-0.15, -0.1) is 0 Å². The molecular weight excluding hydrogens is 226 g/mol. The number of aromatic nitrogens is 2. The average Bonchev–Trinajstić information content (AvgIpc) is 2.72. The van der Waals surface area contributed by atoms with Crippen LogP contribution in [-0.2, 0) is 0 Å². The predicted molar refractivity (Wildman–Crippen MR) is 59.0 cm³/mol. The van der Waals surface area contributed by atoms with E-state index in [0.29, 0.717) is 21.8 Å². The Morgan fingerprint density at radius 3 is 2.81 bits per heavy atom. The maximum absolute atomic E-state index is 8.71. The Morgan fingerprint density at radius 2 is 2.00 bits per heavy atom. The van der Waals surface area contributed by atoms with Crippen LogP contribution in [0.4, 0.5) is 0 Å². The van der Waals surface area contributed by atoms with Crippen molar-refractivity contribution in [2.45, 2.75) is 0 Å². The fourth-order valence-corrected chi connectivity index (χ4v) is 1.74. The lowest BCUT2D eigenvalue weighted by Crippen LogP contribution is -1.80. The Bertz CT molecular complexity index is 742. The van der Waals surface area contributed by atoms with Crippen molar-refractivity contribution in [3.63, 3.8) is 0 Å². The molecule has 2 heterocycles. The maximum Gasteiger partial charge on any atom is 0.301 e. The highest BCUT2D eigenvalue weighted by Crippen LogP contribution is 2.25. The van der Waals surface area contributed by atoms with Gasteiger partial charge in [0.15, 0.2) is 11.7 Å². The molecule has 1 aromatic carbocycles. The summed E-state index contributed by atoms with van der Waals surface area (Å²) in [6.07, 6.45) is 0. The first-order valence-corrected chi connectivity index (χ1v) is 4.91. The van der Waals surface area contributed by atoms with Crippen LogP contribution in [0.2, 0.25) is 5.15 Å². The molecule has 5 heteroatoms. The van der Waals surface area contributed by atoms with Crippen LogP contribution in [0, 0.1) is 11.3 Å². The van der Waals surface area contributed by atoms with Crippen LogP contribution in [0.15, 0.2) is 28.7 Å². The minimum Gasteiger partial charge on any atom is -0.426 e. The van der Waals surface area contributed by atoms with Crippen LogP contribution in [0.3, 0.4) is 0 Å². The third-order valence-electron chi connectivity index (χ3n) is 2.28. The van der Waals surface area contributed by atoms with E-state index in [-0.39, 0.29) is 5.89 Å². The highest BCUT2D eigenvalue weighted by molar-refractivity contribution is 6.30. The van der Waals surface area contributed by atoms with Crippen molar-refractivity contribution in [3.8, 4) is 6.07 Å². The van der Waals surface area contributed by atoms with Gasteiger partial charge in [0, 0.05) is 5.39 Å². The summed E-state index contributed by atoms with van der Waals surface area (Å²) in [6, 6.07) is 9.06. The van der Waals surface area contributed by atoms with Gasteiger partial charge in [-0.2, -0.15) is 10.2 Å². The van der Waals surface area contributed by atoms with E-state index in [1.165, 1.54) is 0 Å². The Hall–Kier alpha value is -2.12. The van der Waals surface area contributed by atoms with E-state index in [1.807, 2.05) is 18.2 Å². The second-order valence-corrected chi connectivity index (χ2v) is 3.64. The first-order chi connectivity index (χ1) is 7.78. The molecule has 16 heavy (non-hydrogen) atoms. The molecule has 0 amide bonds. The Morgan fingerprint density at radius 1 is 1.19 bits per heavy atom. The van der Waals surface area contributed by atoms with Crippen LogP contribution >= 0.6 is 11.6 Å². The number of benzene rings is 1. The van der Waals surface area contributed by atoms with E-state index in [4.69, 9.17) is 21.3 Å². The second-order valence-electron chi connectivity index (χ2n) is 3.25. The number of halogens is 1. The van der Waals surface area contributed by atoms with Gasteiger partial charge < -0.3 is 4.42 Å². The molecule has 3 aromatic rings.